The molecule has 0 aromatic carbocycles. The topological polar surface area (TPSA) is 91.3 Å². The number of hydrogen-bond donors (Lipinski definition) is 3. The van der Waals surface area contributed by atoms with Gasteiger partial charge in [0.1, 0.15) is 0 Å². The minimum absolute atomic E-state index is 0.0320. The third-order valence-electron chi connectivity index (χ3n) is 1.87. The molecule has 1 rings (SSSR count). The van der Waals surface area contributed by atoms with Crippen LogP contribution in [-0.2, 0) is 4.79 Å². The summed E-state index contributed by atoms with van der Waals surface area (Å²) in [5, 5.41) is 14.2. The molecule has 0 radical (unpaired) electrons. The number of anilines is 1. The van der Waals surface area contributed by atoms with Gasteiger partial charge in [-0.3, -0.25) is 10.1 Å². The maximum Gasteiger partial charge on any atom is 0.321 e. The van der Waals surface area contributed by atoms with Gasteiger partial charge in [-0.2, -0.15) is 0 Å². The summed E-state index contributed by atoms with van der Waals surface area (Å²) in [5.74, 6) is -0.872. The van der Waals surface area contributed by atoms with Gasteiger partial charge in [-0.25, -0.2) is 9.78 Å². The summed E-state index contributed by atoms with van der Waals surface area (Å²) in [7, 11) is 0. The number of thiazole rings is 1. The van der Waals surface area contributed by atoms with Crippen LogP contribution in [0.15, 0.2) is 9.98 Å². The standard InChI is InChI=1S/C9H12BrN3O3S/c1-5(2-3-7(14)15)12-8(16)13-9-11-4-6(10)17-9/h4-5H,2-3H2,1H3,(H,14,15)(H2,11,12,13,16). The molecular formula is C9H12BrN3O3S. The van der Waals surface area contributed by atoms with E-state index in [0.29, 0.717) is 11.6 Å². The van der Waals surface area contributed by atoms with Gasteiger partial charge in [-0.1, -0.05) is 11.3 Å². The first kappa shape index (κ1) is 13.9. The number of halogens is 1. The van der Waals surface area contributed by atoms with Gasteiger partial charge in [-0.05, 0) is 29.3 Å². The number of hydrogen-bond acceptors (Lipinski definition) is 4. The van der Waals surface area contributed by atoms with Gasteiger partial charge in [0.15, 0.2) is 5.13 Å². The summed E-state index contributed by atoms with van der Waals surface area (Å²) >= 11 is 4.53. The Morgan fingerprint density at radius 1 is 1.65 bits per heavy atom. The predicted molar refractivity (Wildman–Crippen MR) is 68.3 cm³/mol. The number of carbonyl (C=O) groups is 2. The quantitative estimate of drug-likeness (QED) is 0.775. The molecule has 0 aliphatic carbocycles. The lowest BCUT2D eigenvalue weighted by Gasteiger charge is -2.12. The van der Waals surface area contributed by atoms with Crippen molar-refractivity contribution in [3.05, 3.63) is 9.98 Å². The van der Waals surface area contributed by atoms with Crippen molar-refractivity contribution in [2.24, 2.45) is 0 Å². The number of nitrogens with one attached hydrogen (secondary N) is 2. The van der Waals surface area contributed by atoms with E-state index in [4.69, 9.17) is 5.11 Å². The molecule has 2 amide bonds. The lowest BCUT2D eigenvalue weighted by molar-refractivity contribution is -0.137. The Morgan fingerprint density at radius 3 is 2.88 bits per heavy atom. The van der Waals surface area contributed by atoms with Crippen molar-refractivity contribution in [3.63, 3.8) is 0 Å². The molecule has 94 valence electrons. The van der Waals surface area contributed by atoms with Crippen LogP contribution in [0.1, 0.15) is 19.8 Å². The average Bonchev–Trinajstić information content (AvgIpc) is 2.60. The molecule has 1 heterocycles. The lowest BCUT2D eigenvalue weighted by atomic mass is 10.2. The first-order valence-corrected chi connectivity index (χ1v) is 6.49. The van der Waals surface area contributed by atoms with Crippen LogP contribution in [-0.4, -0.2) is 28.1 Å². The van der Waals surface area contributed by atoms with E-state index in [1.54, 1.807) is 13.1 Å². The molecule has 0 saturated carbocycles. The summed E-state index contributed by atoms with van der Waals surface area (Å²) < 4.78 is 0.826. The summed E-state index contributed by atoms with van der Waals surface area (Å²) in [4.78, 5) is 25.7. The molecule has 1 unspecified atom stereocenters. The van der Waals surface area contributed by atoms with Gasteiger partial charge in [-0.15, -0.1) is 0 Å². The second kappa shape index (κ2) is 6.55. The molecule has 0 fully saturated rings. The fourth-order valence-corrected chi connectivity index (χ4v) is 2.18. The van der Waals surface area contributed by atoms with Gasteiger partial charge >= 0.3 is 12.0 Å². The zero-order chi connectivity index (χ0) is 12.8. The van der Waals surface area contributed by atoms with E-state index in [2.05, 4.69) is 31.5 Å². The van der Waals surface area contributed by atoms with Crippen molar-refractivity contribution in [2.75, 3.05) is 5.32 Å². The van der Waals surface area contributed by atoms with Crippen LogP contribution in [0.4, 0.5) is 9.93 Å². The minimum Gasteiger partial charge on any atom is -0.481 e. The smallest absolute Gasteiger partial charge is 0.321 e. The van der Waals surface area contributed by atoms with Crippen molar-refractivity contribution in [2.45, 2.75) is 25.8 Å². The van der Waals surface area contributed by atoms with Crippen molar-refractivity contribution in [1.82, 2.24) is 10.3 Å². The Bertz CT molecular complexity index is 410. The summed E-state index contributed by atoms with van der Waals surface area (Å²) in [6, 6.07) is -0.584. The highest BCUT2D eigenvalue weighted by molar-refractivity contribution is 9.11. The number of carboxylic acids is 1. The van der Waals surface area contributed by atoms with Crippen molar-refractivity contribution in [3.8, 4) is 0 Å². The summed E-state index contributed by atoms with van der Waals surface area (Å²) in [5.41, 5.74) is 0. The zero-order valence-corrected chi connectivity index (χ0v) is 11.5. The lowest BCUT2D eigenvalue weighted by Crippen LogP contribution is -2.36. The second-order valence-corrected chi connectivity index (χ2v) is 5.81. The van der Waals surface area contributed by atoms with Crippen LogP contribution in [0.25, 0.3) is 0 Å². The molecule has 0 spiro atoms. The first-order chi connectivity index (χ1) is 7.97. The Labute approximate surface area is 111 Å². The van der Waals surface area contributed by atoms with Crippen LogP contribution >= 0.6 is 27.3 Å². The normalized spacial score (nSPS) is 11.9. The molecular weight excluding hydrogens is 310 g/mol. The SMILES string of the molecule is CC(CCC(=O)O)NC(=O)Nc1ncc(Br)s1. The van der Waals surface area contributed by atoms with E-state index in [-0.39, 0.29) is 18.5 Å². The highest BCUT2D eigenvalue weighted by atomic mass is 79.9. The molecule has 0 aliphatic heterocycles. The molecule has 8 heteroatoms. The monoisotopic (exact) mass is 321 g/mol. The molecule has 1 atom stereocenters. The van der Waals surface area contributed by atoms with Gasteiger partial charge in [0, 0.05) is 12.5 Å². The van der Waals surface area contributed by atoms with Crippen LogP contribution in [0.2, 0.25) is 0 Å². The van der Waals surface area contributed by atoms with Crippen molar-refractivity contribution >= 4 is 44.4 Å². The van der Waals surface area contributed by atoms with Crippen molar-refractivity contribution < 1.29 is 14.7 Å². The van der Waals surface area contributed by atoms with E-state index in [0.717, 1.165) is 3.79 Å². The predicted octanol–water partition coefficient (Wildman–Crippen LogP) is 2.28. The zero-order valence-electron chi connectivity index (χ0n) is 9.07. The molecule has 6 nitrogen and oxygen atoms in total. The second-order valence-electron chi connectivity index (χ2n) is 3.40. The number of rotatable bonds is 5. The van der Waals surface area contributed by atoms with Crippen molar-refractivity contribution in [1.29, 1.82) is 0 Å². The van der Waals surface area contributed by atoms with Crippen LogP contribution < -0.4 is 10.6 Å². The molecule has 0 aliphatic rings. The number of carbonyl (C=O) groups excluding carboxylic acids is 1. The Hall–Kier alpha value is -1.15. The maximum absolute atomic E-state index is 11.5. The molecule has 0 bridgehead atoms. The molecule has 1 aromatic heterocycles. The Kier molecular flexibility index (Phi) is 5.36. The highest BCUT2D eigenvalue weighted by Gasteiger charge is 2.10. The molecule has 17 heavy (non-hydrogen) atoms. The Morgan fingerprint density at radius 2 is 2.35 bits per heavy atom. The van der Waals surface area contributed by atoms with Gasteiger partial charge in [0.2, 0.25) is 0 Å². The maximum atomic E-state index is 11.5. The highest BCUT2D eigenvalue weighted by Crippen LogP contribution is 2.22. The number of aliphatic carboxylic acids is 1. The van der Waals surface area contributed by atoms with E-state index in [1.807, 2.05) is 0 Å². The van der Waals surface area contributed by atoms with E-state index < -0.39 is 5.97 Å². The minimum atomic E-state index is -0.872. The van der Waals surface area contributed by atoms with Crippen LogP contribution in [0.5, 0.6) is 0 Å². The third-order valence-corrected chi connectivity index (χ3v) is 3.26. The molecule has 3 N–H and O–H groups in total. The van der Waals surface area contributed by atoms with Gasteiger partial charge in [0.05, 0.1) is 9.98 Å². The van der Waals surface area contributed by atoms with Crippen LogP contribution in [0, 0.1) is 0 Å². The first-order valence-electron chi connectivity index (χ1n) is 4.88. The average molecular weight is 322 g/mol. The number of carboxylic acid groups (broad SMARTS) is 1. The number of urea groups is 1. The molecule has 0 saturated heterocycles. The van der Waals surface area contributed by atoms with E-state index >= 15 is 0 Å². The van der Waals surface area contributed by atoms with E-state index in [1.165, 1.54) is 11.3 Å². The fraction of sp³-hybridized carbons (Fsp3) is 0.444. The fourth-order valence-electron chi connectivity index (χ4n) is 1.08. The Balaban J connectivity index is 2.31. The number of amides is 2. The van der Waals surface area contributed by atoms with Crippen LogP contribution in [0.3, 0.4) is 0 Å². The third kappa shape index (κ3) is 5.64. The number of nitrogens with zero attached hydrogens (tertiary/aromatic N) is 1. The van der Waals surface area contributed by atoms with E-state index in [9.17, 15) is 9.59 Å². The largest absolute Gasteiger partial charge is 0.481 e. The van der Waals surface area contributed by atoms with Gasteiger partial charge < -0.3 is 10.4 Å². The summed E-state index contributed by atoms with van der Waals surface area (Å²) in [6.07, 6.45) is 2.02. The number of aromatic nitrogens is 1. The van der Waals surface area contributed by atoms with Gasteiger partial charge in [0.25, 0.3) is 0 Å². The summed E-state index contributed by atoms with van der Waals surface area (Å²) in [6.45, 7) is 1.75. The molecule has 1 aromatic rings.